The number of hydrogen-bond donors (Lipinski definition) is 0. The van der Waals surface area contributed by atoms with Crippen molar-refractivity contribution < 1.29 is 9.53 Å². The lowest BCUT2D eigenvalue weighted by Gasteiger charge is -2.23. The standard InChI is InChI=1S/C28H31N3O2Si/c1-34(2,3)14-13-33-20-31-12-11-25-26(29-19-30-27(25)31)21-9-6-10-24(15-21)28(18-32)16-22-7-4-5-8-23(22)17-28/h4-12,15,18-19H,13-14,16-17,20H2,1-3H3. The molecule has 0 amide bonds. The van der Waals surface area contributed by atoms with Crippen LogP contribution in [0.2, 0.25) is 25.7 Å². The van der Waals surface area contributed by atoms with Gasteiger partial charge in [-0.05, 0) is 47.7 Å². The van der Waals surface area contributed by atoms with Gasteiger partial charge in [0.05, 0.1) is 11.1 Å². The number of hydrogen-bond acceptors (Lipinski definition) is 4. The number of fused-ring (bicyclic) bond motifs is 2. The first-order chi connectivity index (χ1) is 16.4. The Kier molecular flexibility index (Phi) is 5.96. The van der Waals surface area contributed by atoms with Crippen LogP contribution in [0.1, 0.15) is 16.7 Å². The second-order valence-corrected chi connectivity index (χ2v) is 16.2. The van der Waals surface area contributed by atoms with Crippen molar-refractivity contribution >= 4 is 25.4 Å². The van der Waals surface area contributed by atoms with E-state index in [0.717, 1.165) is 59.6 Å². The lowest BCUT2D eigenvalue weighted by molar-refractivity contribution is -0.112. The number of rotatable bonds is 8. The van der Waals surface area contributed by atoms with E-state index in [0.29, 0.717) is 6.73 Å². The van der Waals surface area contributed by atoms with E-state index in [1.165, 1.54) is 11.1 Å². The van der Waals surface area contributed by atoms with E-state index in [4.69, 9.17) is 4.74 Å². The highest BCUT2D eigenvalue weighted by molar-refractivity contribution is 6.76. The molecule has 0 unspecified atom stereocenters. The molecular formula is C28H31N3O2Si. The first-order valence-corrected chi connectivity index (χ1v) is 15.6. The SMILES string of the molecule is C[Si](C)(C)CCOCn1ccc2c(-c3cccc(C4(C=O)Cc5ccccc5C4)c3)ncnc21. The molecule has 5 nitrogen and oxygen atoms in total. The summed E-state index contributed by atoms with van der Waals surface area (Å²) in [5, 5.41) is 0.989. The van der Waals surface area contributed by atoms with E-state index in [1.54, 1.807) is 6.33 Å². The van der Waals surface area contributed by atoms with Gasteiger partial charge in [0.15, 0.2) is 0 Å². The Morgan fingerprint density at radius 2 is 1.79 bits per heavy atom. The first kappa shape index (κ1) is 22.7. The van der Waals surface area contributed by atoms with E-state index in [2.05, 4.69) is 66.0 Å². The molecule has 0 bridgehead atoms. The largest absolute Gasteiger partial charge is 0.361 e. The zero-order valence-electron chi connectivity index (χ0n) is 20.1. The Hall–Kier alpha value is -3.09. The van der Waals surface area contributed by atoms with Gasteiger partial charge in [-0.1, -0.05) is 62.1 Å². The van der Waals surface area contributed by atoms with Gasteiger partial charge in [0.1, 0.15) is 25.0 Å². The maximum atomic E-state index is 12.4. The van der Waals surface area contributed by atoms with Crippen LogP contribution in [0.25, 0.3) is 22.3 Å². The predicted octanol–water partition coefficient (Wildman–Crippen LogP) is 5.65. The summed E-state index contributed by atoms with van der Waals surface area (Å²) in [7, 11) is -1.12. The Morgan fingerprint density at radius 3 is 2.50 bits per heavy atom. The molecule has 0 N–H and O–H groups in total. The Labute approximate surface area is 201 Å². The maximum Gasteiger partial charge on any atom is 0.145 e. The van der Waals surface area contributed by atoms with Crippen LogP contribution in [0.3, 0.4) is 0 Å². The molecule has 34 heavy (non-hydrogen) atoms. The van der Waals surface area contributed by atoms with Crippen LogP contribution in [0.4, 0.5) is 0 Å². The fraction of sp³-hybridized carbons (Fsp3) is 0.321. The van der Waals surface area contributed by atoms with Crippen LogP contribution in [0, 0.1) is 0 Å². The van der Waals surface area contributed by atoms with Gasteiger partial charge in [0.25, 0.3) is 0 Å². The Morgan fingerprint density at radius 1 is 1.03 bits per heavy atom. The molecule has 4 aromatic rings. The van der Waals surface area contributed by atoms with Crippen molar-refractivity contribution in [3.63, 3.8) is 0 Å². The number of nitrogens with zero attached hydrogens (tertiary/aromatic N) is 3. The number of aromatic nitrogens is 3. The van der Waals surface area contributed by atoms with Gasteiger partial charge in [-0.25, -0.2) is 9.97 Å². The molecule has 2 aromatic heterocycles. The maximum absolute atomic E-state index is 12.4. The fourth-order valence-electron chi connectivity index (χ4n) is 4.86. The first-order valence-electron chi connectivity index (χ1n) is 11.9. The minimum Gasteiger partial charge on any atom is -0.361 e. The normalized spacial score (nSPS) is 14.9. The number of aldehydes is 1. The fourth-order valence-corrected chi connectivity index (χ4v) is 5.61. The zero-order valence-corrected chi connectivity index (χ0v) is 21.1. The van der Waals surface area contributed by atoms with E-state index >= 15 is 0 Å². The van der Waals surface area contributed by atoms with E-state index in [1.807, 2.05) is 29.0 Å². The molecule has 0 fully saturated rings. The summed E-state index contributed by atoms with van der Waals surface area (Å²) in [5.41, 5.74) is 5.77. The molecule has 2 heterocycles. The van der Waals surface area contributed by atoms with E-state index in [9.17, 15) is 4.79 Å². The van der Waals surface area contributed by atoms with Crippen molar-refractivity contribution in [3.8, 4) is 11.3 Å². The van der Waals surface area contributed by atoms with Crippen LogP contribution < -0.4 is 0 Å². The Balaban J connectivity index is 1.43. The predicted molar refractivity (Wildman–Crippen MR) is 139 cm³/mol. The van der Waals surface area contributed by atoms with Crippen molar-refractivity contribution in [1.29, 1.82) is 0 Å². The van der Waals surface area contributed by atoms with Crippen molar-refractivity contribution in [2.45, 2.75) is 50.7 Å². The molecule has 0 radical (unpaired) electrons. The highest BCUT2D eigenvalue weighted by Crippen LogP contribution is 2.40. The van der Waals surface area contributed by atoms with Gasteiger partial charge in [0, 0.05) is 31.8 Å². The zero-order chi connectivity index (χ0) is 23.8. The second-order valence-electron chi connectivity index (χ2n) is 10.6. The molecular weight excluding hydrogens is 438 g/mol. The summed E-state index contributed by atoms with van der Waals surface area (Å²) in [6, 6.07) is 19.8. The van der Waals surface area contributed by atoms with Gasteiger partial charge in [-0.3, -0.25) is 0 Å². The van der Waals surface area contributed by atoms with Gasteiger partial charge in [0.2, 0.25) is 0 Å². The van der Waals surface area contributed by atoms with Crippen LogP contribution in [-0.2, 0) is 34.5 Å². The van der Waals surface area contributed by atoms with Crippen LogP contribution in [0.15, 0.2) is 67.1 Å². The summed E-state index contributed by atoms with van der Waals surface area (Å²) in [5.74, 6) is 0. The molecule has 174 valence electrons. The van der Waals surface area contributed by atoms with E-state index < -0.39 is 13.5 Å². The molecule has 0 saturated carbocycles. The van der Waals surface area contributed by atoms with Gasteiger partial charge in [-0.15, -0.1) is 0 Å². The smallest absolute Gasteiger partial charge is 0.145 e. The van der Waals surface area contributed by atoms with Crippen LogP contribution in [-0.4, -0.2) is 35.5 Å². The molecule has 2 aromatic carbocycles. The molecule has 0 atom stereocenters. The average Bonchev–Trinajstić information content (AvgIpc) is 3.43. The quantitative estimate of drug-likeness (QED) is 0.190. The molecule has 0 aliphatic heterocycles. The van der Waals surface area contributed by atoms with Crippen molar-refractivity contribution in [2.75, 3.05) is 6.61 Å². The molecule has 1 aliphatic carbocycles. The summed E-state index contributed by atoms with van der Waals surface area (Å²) < 4.78 is 7.99. The topological polar surface area (TPSA) is 57.0 Å². The number of ether oxygens (including phenoxy) is 1. The summed E-state index contributed by atoms with van der Waals surface area (Å²) in [6.45, 7) is 8.32. The van der Waals surface area contributed by atoms with Crippen molar-refractivity contribution in [2.24, 2.45) is 0 Å². The third-order valence-electron chi connectivity index (χ3n) is 6.85. The van der Waals surface area contributed by atoms with Crippen molar-refractivity contribution in [1.82, 2.24) is 14.5 Å². The minimum absolute atomic E-state index is 0.483. The molecule has 1 aliphatic rings. The van der Waals surface area contributed by atoms with Crippen LogP contribution in [0.5, 0.6) is 0 Å². The van der Waals surface area contributed by atoms with Gasteiger partial charge in [-0.2, -0.15) is 0 Å². The minimum atomic E-state index is -1.12. The highest BCUT2D eigenvalue weighted by atomic mass is 28.3. The summed E-state index contributed by atoms with van der Waals surface area (Å²) in [4.78, 5) is 21.6. The molecule has 0 spiro atoms. The average molecular weight is 470 g/mol. The molecule has 6 heteroatoms. The monoisotopic (exact) mass is 469 g/mol. The van der Waals surface area contributed by atoms with Crippen LogP contribution >= 0.6 is 0 Å². The third-order valence-corrected chi connectivity index (χ3v) is 8.55. The summed E-state index contributed by atoms with van der Waals surface area (Å²) >= 11 is 0. The lowest BCUT2D eigenvalue weighted by Crippen LogP contribution is -2.28. The third kappa shape index (κ3) is 4.35. The summed E-state index contributed by atoms with van der Waals surface area (Å²) in [6.07, 6.45) is 6.24. The number of carbonyl (C=O) groups excluding carboxylic acids is 1. The second kappa shape index (κ2) is 8.93. The van der Waals surface area contributed by atoms with Crippen molar-refractivity contribution in [3.05, 3.63) is 83.8 Å². The molecule has 0 saturated heterocycles. The Bertz CT molecular complexity index is 1310. The lowest BCUT2D eigenvalue weighted by atomic mass is 9.78. The van der Waals surface area contributed by atoms with Gasteiger partial charge < -0.3 is 14.1 Å². The highest BCUT2D eigenvalue weighted by Gasteiger charge is 2.38. The molecule has 5 rings (SSSR count). The number of benzene rings is 2. The number of carbonyl (C=O) groups is 1. The van der Waals surface area contributed by atoms with Gasteiger partial charge >= 0.3 is 0 Å². The van der Waals surface area contributed by atoms with E-state index in [-0.39, 0.29) is 0 Å².